The number of aliphatic hydroxyl groups excluding tert-OH is 1. The van der Waals surface area contributed by atoms with Crippen molar-refractivity contribution >= 4 is 16.9 Å². The summed E-state index contributed by atoms with van der Waals surface area (Å²) >= 11 is 0. The first-order valence-corrected chi connectivity index (χ1v) is 8.68. The Hall–Kier alpha value is -3.12. The van der Waals surface area contributed by atoms with Crippen LogP contribution in [-0.4, -0.2) is 36.2 Å². The number of rotatable bonds is 4. The van der Waals surface area contributed by atoms with Crippen LogP contribution < -0.4 is 10.2 Å². The number of amides is 1. The maximum absolute atomic E-state index is 13.3. The first-order valence-electron chi connectivity index (χ1n) is 8.68. The fourth-order valence-corrected chi connectivity index (χ4v) is 3.63. The van der Waals surface area contributed by atoms with E-state index in [4.69, 9.17) is 9.15 Å². The van der Waals surface area contributed by atoms with Crippen LogP contribution in [0.3, 0.4) is 0 Å². The molecule has 4 rings (SSSR count). The number of methoxy groups -OCH3 is 1. The number of nitrogens with zero attached hydrogens (tertiary/aromatic N) is 1. The highest BCUT2D eigenvalue weighted by atomic mass is 16.5. The topological polar surface area (TPSA) is 80.0 Å². The molecule has 0 unspecified atom stereocenters. The molecule has 0 bridgehead atoms. The summed E-state index contributed by atoms with van der Waals surface area (Å²) in [5, 5.41) is 9.90. The molecular weight excluding hydrogens is 346 g/mol. The molecule has 1 N–H and O–H groups in total. The minimum Gasteiger partial charge on any atom is -0.497 e. The predicted octanol–water partition coefficient (Wildman–Crippen LogP) is 2.65. The van der Waals surface area contributed by atoms with Crippen LogP contribution in [0.1, 0.15) is 33.3 Å². The second-order valence-electron chi connectivity index (χ2n) is 6.57. The summed E-state index contributed by atoms with van der Waals surface area (Å²) in [5.41, 5.74) is 2.13. The third-order valence-corrected chi connectivity index (χ3v) is 4.87. The number of carbonyl (C=O) groups excluding carboxylic acids is 1. The number of aliphatic hydroxyl groups is 1. The first kappa shape index (κ1) is 17.3. The maximum Gasteiger partial charge on any atom is 0.290 e. The lowest BCUT2D eigenvalue weighted by Gasteiger charge is -2.24. The molecular formula is C21H19NO5. The summed E-state index contributed by atoms with van der Waals surface area (Å²) in [5.74, 6) is 0.266. The van der Waals surface area contributed by atoms with E-state index in [1.54, 1.807) is 37.4 Å². The summed E-state index contributed by atoms with van der Waals surface area (Å²) in [7, 11) is 1.56. The molecule has 0 radical (unpaired) electrons. The molecule has 2 heterocycles. The molecule has 0 fully saturated rings. The quantitative estimate of drug-likeness (QED) is 0.769. The molecule has 1 amide bonds. The van der Waals surface area contributed by atoms with Crippen LogP contribution in [0.15, 0.2) is 51.7 Å². The molecule has 0 saturated carbocycles. The average Bonchev–Trinajstić information content (AvgIpc) is 2.95. The Morgan fingerprint density at radius 3 is 2.74 bits per heavy atom. The van der Waals surface area contributed by atoms with E-state index in [0.717, 1.165) is 11.1 Å². The molecule has 27 heavy (non-hydrogen) atoms. The Morgan fingerprint density at radius 2 is 2.00 bits per heavy atom. The van der Waals surface area contributed by atoms with Gasteiger partial charge in [0.1, 0.15) is 11.3 Å². The van der Waals surface area contributed by atoms with Gasteiger partial charge in [0.25, 0.3) is 5.91 Å². The highest BCUT2D eigenvalue weighted by Crippen LogP contribution is 2.38. The zero-order valence-electron chi connectivity index (χ0n) is 15.1. The van der Waals surface area contributed by atoms with Gasteiger partial charge in [0.05, 0.1) is 30.7 Å². The first-order chi connectivity index (χ1) is 13.0. The van der Waals surface area contributed by atoms with Crippen molar-refractivity contribution < 1.29 is 19.1 Å². The van der Waals surface area contributed by atoms with Crippen LogP contribution in [0.4, 0.5) is 0 Å². The highest BCUT2D eigenvalue weighted by Gasteiger charge is 2.42. The zero-order chi connectivity index (χ0) is 19.1. The number of benzene rings is 2. The van der Waals surface area contributed by atoms with E-state index < -0.39 is 11.9 Å². The van der Waals surface area contributed by atoms with Gasteiger partial charge in [0.15, 0.2) is 5.43 Å². The number of carbonyl (C=O) groups is 1. The smallest absolute Gasteiger partial charge is 0.290 e. The Bertz CT molecular complexity index is 1100. The molecule has 2 aromatic carbocycles. The van der Waals surface area contributed by atoms with Crippen LogP contribution in [0.25, 0.3) is 11.0 Å². The van der Waals surface area contributed by atoms with Gasteiger partial charge in [-0.1, -0.05) is 23.8 Å². The number of fused-ring (bicyclic) bond motifs is 2. The summed E-state index contributed by atoms with van der Waals surface area (Å²) in [6, 6.07) is 11.9. The van der Waals surface area contributed by atoms with Crippen LogP contribution >= 0.6 is 0 Å². The molecule has 6 heteroatoms. The largest absolute Gasteiger partial charge is 0.497 e. The Kier molecular flexibility index (Phi) is 4.20. The van der Waals surface area contributed by atoms with E-state index in [2.05, 4.69) is 0 Å². The molecule has 1 aromatic heterocycles. The second kappa shape index (κ2) is 6.55. The molecule has 1 aliphatic heterocycles. The number of ether oxygens (including phenoxy) is 1. The van der Waals surface area contributed by atoms with Crippen LogP contribution in [0.2, 0.25) is 0 Å². The van der Waals surface area contributed by atoms with Gasteiger partial charge in [-0.2, -0.15) is 0 Å². The van der Waals surface area contributed by atoms with E-state index in [-0.39, 0.29) is 24.3 Å². The monoisotopic (exact) mass is 365 g/mol. The normalized spacial score (nSPS) is 16.0. The van der Waals surface area contributed by atoms with E-state index >= 15 is 0 Å². The van der Waals surface area contributed by atoms with Gasteiger partial charge >= 0.3 is 0 Å². The van der Waals surface area contributed by atoms with Crippen LogP contribution in [-0.2, 0) is 0 Å². The molecule has 0 spiro atoms. The summed E-state index contributed by atoms with van der Waals surface area (Å²) in [6.45, 7) is 1.78. The Labute approximate surface area is 155 Å². The molecule has 0 saturated heterocycles. The van der Waals surface area contributed by atoms with Crippen molar-refractivity contribution in [3.8, 4) is 5.75 Å². The number of β-amino-alcohol motifs (C(OH)–C–C–N with tert-alkyl or cyclic N) is 1. The predicted molar refractivity (Wildman–Crippen MR) is 100 cm³/mol. The van der Waals surface area contributed by atoms with Crippen molar-refractivity contribution in [1.29, 1.82) is 0 Å². The molecule has 6 nitrogen and oxygen atoms in total. The molecule has 1 aliphatic rings. The standard InChI is InChI=1S/C21H19NO5/c1-12-6-7-16-15(10-12)19(24)17-18(13-4-3-5-14(11-13)26-2)22(8-9-23)21(25)20(17)27-16/h3-7,10-11,18,23H,8-9H2,1-2H3/t18-/m1/s1. The Balaban J connectivity index is 2.01. The third-order valence-electron chi connectivity index (χ3n) is 4.87. The van der Waals surface area contributed by atoms with E-state index in [1.807, 2.05) is 19.1 Å². The minimum absolute atomic E-state index is 0.0395. The van der Waals surface area contributed by atoms with Gasteiger partial charge in [-0.25, -0.2) is 0 Å². The van der Waals surface area contributed by atoms with Gasteiger partial charge in [-0.15, -0.1) is 0 Å². The molecule has 1 atom stereocenters. The van der Waals surface area contributed by atoms with Crippen molar-refractivity contribution in [2.45, 2.75) is 13.0 Å². The number of hydrogen-bond donors (Lipinski definition) is 1. The van der Waals surface area contributed by atoms with Gasteiger partial charge in [-0.3, -0.25) is 9.59 Å². The third kappa shape index (κ3) is 2.69. The number of aryl methyl sites for hydroxylation is 1. The minimum atomic E-state index is -0.629. The zero-order valence-corrected chi connectivity index (χ0v) is 15.1. The molecule has 0 aliphatic carbocycles. The van der Waals surface area contributed by atoms with Crippen LogP contribution in [0, 0.1) is 6.92 Å². The maximum atomic E-state index is 13.3. The number of hydrogen-bond acceptors (Lipinski definition) is 5. The van der Waals surface area contributed by atoms with Gasteiger partial charge in [0.2, 0.25) is 5.76 Å². The fraction of sp³-hybridized carbons (Fsp3) is 0.238. The summed E-state index contributed by atoms with van der Waals surface area (Å²) in [4.78, 5) is 27.7. The van der Waals surface area contributed by atoms with E-state index in [1.165, 1.54) is 4.90 Å². The molecule has 3 aromatic rings. The Morgan fingerprint density at radius 1 is 1.19 bits per heavy atom. The average molecular weight is 365 g/mol. The van der Waals surface area contributed by atoms with Crippen molar-refractivity contribution in [3.05, 3.63) is 75.1 Å². The van der Waals surface area contributed by atoms with Crippen molar-refractivity contribution in [2.75, 3.05) is 20.3 Å². The summed E-state index contributed by atoms with van der Waals surface area (Å²) < 4.78 is 11.1. The molecule has 138 valence electrons. The van der Waals surface area contributed by atoms with Crippen molar-refractivity contribution in [2.24, 2.45) is 0 Å². The van der Waals surface area contributed by atoms with Gasteiger partial charge in [-0.05, 0) is 36.8 Å². The fourth-order valence-electron chi connectivity index (χ4n) is 3.63. The second-order valence-corrected chi connectivity index (χ2v) is 6.57. The lowest BCUT2D eigenvalue weighted by molar-refractivity contribution is 0.0691. The van der Waals surface area contributed by atoms with Gasteiger partial charge < -0.3 is 19.2 Å². The van der Waals surface area contributed by atoms with E-state index in [9.17, 15) is 14.7 Å². The summed E-state index contributed by atoms with van der Waals surface area (Å²) in [6.07, 6.45) is 0. The van der Waals surface area contributed by atoms with Crippen molar-refractivity contribution in [3.63, 3.8) is 0 Å². The van der Waals surface area contributed by atoms with Gasteiger partial charge in [0, 0.05) is 6.54 Å². The lowest BCUT2D eigenvalue weighted by atomic mass is 9.98. The SMILES string of the molecule is COc1cccc([C@@H]2c3c(oc4ccc(C)cc4c3=O)C(=O)N2CCO)c1. The van der Waals surface area contributed by atoms with Crippen molar-refractivity contribution in [1.82, 2.24) is 4.90 Å². The lowest BCUT2D eigenvalue weighted by Crippen LogP contribution is -2.32. The highest BCUT2D eigenvalue weighted by molar-refractivity contribution is 5.99. The van der Waals surface area contributed by atoms with Crippen LogP contribution in [0.5, 0.6) is 5.75 Å². The van der Waals surface area contributed by atoms with E-state index in [0.29, 0.717) is 22.3 Å².